The zero-order valence-electron chi connectivity index (χ0n) is 18.8. The molecule has 0 bridgehead atoms. The summed E-state index contributed by atoms with van der Waals surface area (Å²) in [5.41, 5.74) is 4.17. The number of amides is 2. The molecule has 1 aliphatic heterocycles. The number of fused-ring (bicyclic) bond motifs is 1. The summed E-state index contributed by atoms with van der Waals surface area (Å²) in [6.07, 6.45) is 3.29. The summed E-state index contributed by atoms with van der Waals surface area (Å²) in [5.74, 6) is -0.310. The van der Waals surface area contributed by atoms with Gasteiger partial charge in [-0.2, -0.15) is 9.61 Å². The van der Waals surface area contributed by atoms with E-state index in [0.29, 0.717) is 27.7 Å². The Balaban J connectivity index is 1.27. The molecule has 2 aromatic carbocycles. The molecule has 0 saturated carbocycles. The standard InChI is InChI=1S/C25H21N5O4S/c1-2-6-21-27-30-22(31)14-17(26-25(30)35-21)15-34-19-11-9-16(10-12-19)13-20-23(32)28-29(24(20)33)18-7-4-3-5-8-18/h3-5,7-14H,2,6,15H2,1H3,(H,28,32)/b20-13+. The fourth-order valence-electron chi connectivity index (χ4n) is 3.59. The Labute approximate surface area is 204 Å². The first-order valence-corrected chi connectivity index (χ1v) is 11.9. The van der Waals surface area contributed by atoms with E-state index in [-0.39, 0.29) is 17.7 Å². The van der Waals surface area contributed by atoms with Crippen molar-refractivity contribution in [2.45, 2.75) is 26.4 Å². The second-order valence-electron chi connectivity index (χ2n) is 7.86. The largest absolute Gasteiger partial charge is 0.487 e. The predicted molar refractivity (Wildman–Crippen MR) is 132 cm³/mol. The monoisotopic (exact) mass is 487 g/mol. The normalized spacial score (nSPS) is 14.7. The maximum atomic E-state index is 12.7. The van der Waals surface area contributed by atoms with Crippen molar-refractivity contribution in [3.05, 3.63) is 92.9 Å². The van der Waals surface area contributed by atoms with Crippen molar-refractivity contribution >= 4 is 39.9 Å². The quantitative estimate of drug-likeness (QED) is 0.317. The van der Waals surface area contributed by atoms with Gasteiger partial charge in [-0.1, -0.05) is 48.6 Å². The molecule has 0 aliphatic carbocycles. The first-order valence-electron chi connectivity index (χ1n) is 11.1. The van der Waals surface area contributed by atoms with Gasteiger partial charge in [-0.15, -0.1) is 0 Å². The molecule has 0 spiro atoms. The number of rotatable bonds is 7. The van der Waals surface area contributed by atoms with Gasteiger partial charge in [0.15, 0.2) is 0 Å². The number of nitrogens with zero attached hydrogens (tertiary/aromatic N) is 4. The third kappa shape index (κ3) is 4.69. The molecule has 1 N–H and O–H groups in total. The Bertz CT molecular complexity index is 1490. The third-order valence-corrected chi connectivity index (χ3v) is 6.26. The molecule has 176 valence electrons. The molecule has 0 atom stereocenters. The molecule has 9 nitrogen and oxygen atoms in total. The van der Waals surface area contributed by atoms with Gasteiger partial charge in [0.05, 0.1) is 11.4 Å². The smallest absolute Gasteiger partial charge is 0.282 e. The molecule has 35 heavy (non-hydrogen) atoms. The first-order chi connectivity index (χ1) is 17.0. The number of carbonyl (C=O) groups excluding carboxylic acids is 2. The second kappa shape index (κ2) is 9.51. The van der Waals surface area contributed by atoms with Crippen molar-refractivity contribution in [2.24, 2.45) is 0 Å². The molecule has 5 rings (SSSR count). The number of benzene rings is 2. The Kier molecular flexibility index (Phi) is 6.11. The highest BCUT2D eigenvalue weighted by molar-refractivity contribution is 7.16. The number of anilines is 1. The molecule has 1 fully saturated rings. The van der Waals surface area contributed by atoms with Gasteiger partial charge >= 0.3 is 0 Å². The molecular weight excluding hydrogens is 466 g/mol. The van der Waals surface area contributed by atoms with Crippen molar-refractivity contribution in [3.63, 3.8) is 0 Å². The molecule has 2 aromatic heterocycles. The number of hydrazine groups is 1. The number of hydrogen-bond donors (Lipinski definition) is 1. The minimum Gasteiger partial charge on any atom is -0.487 e. The minimum absolute atomic E-state index is 0.0486. The number of carbonyl (C=O) groups is 2. The summed E-state index contributed by atoms with van der Waals surface area (Å²) in [7, 11) is 0. The van der Waals surface area contributed by atoms with E-state index in [0.717, 1.165) is 17.8 Å². The number of aryl methyl sites for hydroxylation is 1. The van der Waals surface area contributed by atoms with Gasteiger partial charge < -0.3 is 4.74 Å². The molecule has 4 aromatic rings. The topological polar surface area (TPSA) is 106 Å². The molecule has 10 heteroatoms. The Hall–Kier alpha value is -4.31. The maximum absolute atomic E-state index is 12.7. The summed E-state index contributed by atoms with van der Waals surface area (Å²) in [4.78, 5) is 42.5. The number of nitrogens with one attached hydrogen (secondary N) is 1. The van der Waals surface area contributed by atoms with Crippen molar-refractivity contribution in [2.75, 3.05) is 5.01 Å². The van der Waals surface area contributed by atoms with E-state index in [1.165, 1.54) is 26.9 Å². The van der Waals surface area contributed by atoms with Crippen molar-refractivity contribution in [1.82, 2.24) is 20.0 Å². The van der Waals surface area contributed by atoms with Crippen LogP contribution in [0.25, 0.3) is 11.0 Å². The van der Waals surface area contributed by atoms with Gasteiger partial charge in [0.1, 0.15) is 22.9 Å². The molecule has 2 amide bonds. The first kappa shape index (κ1) is 22.5. The highest BCUT2D eigenvalue weighted by Gasteiger charge is 2.34. The fraction of sp³-hybridized carbons (Fsp3) is 0.160. The lowest BCUT2D eigenvalue weighted by Crippen LogP contribution is -2.35. The summed E-state index contributed by atoms with van der Waals surface area (Å²) in [6, 6.07) is 17.3. The van der Waals surface area contributed by atoms with Crippen molar-refractivity contribution in [3.8, 4) is 5.75 Å². The highest BCUT2D eigenvalue weighted by atomic mass is 32.1. The number of hydrogen-bond acceptors (Lipinski definition) is 7. The third-order valence-electron chi connectivity index (χ3n) is 5.29. The minimum atomic E-state index is -0.461. The highest BCUT2D eigenvalue weighted by Crippen LogP contribution is 2.22. The zero-order chi connectivity index (χ0) is 24.4. The van der Waals surface area contributed by atoms with E-state index in [1.54, 1.807) is 54.6 Å². The van der Waals surface area contributed by atoms with Crippen LogP contribution in [-0.4, -0.2) is 26.4 Å². The summed E-state index contributed by atoms with van der Waals surface area (Å²) < 4.78 is 7.11. The zero-order valence-corrected chi connectivity index (χ0v) is 19.6. The Morgan fingerprint density at radius 2 is 1.83 bits per heavy atom. The van der Waals surface area contributed by atoms with Crippen LogP contribution in [0.3, 0.4) is 0 Å². The van der Waals surface area contributed by atoms with Gasteiger partial charge in [-0.25, -0.2) is 9.99 Å². The Morgan fingerprint density at radius 1 is 1.06 bits per heavy atom. The molecule has 1 aliphatic rings. The van der Waals surface area contributed by atoms with Gasteiger partial charge in [0.25, 0.3) is 17.4 Å². The van der Waals surface area contributed by atoms with E-state index in [2.05, 4.69) is 22.4 Å². The van der Waals surface area contributed by atoms with Crippen molar-refractivity contribution in [1.29, 1.82) is 0 Å². The van der Waals surface area contributed by atoms with Crippen LogP contribution in [0.1, 0.15) is 29.6 Å². The number of para-hydroxylation sites is 1. The van der Waals surface area contributed by atoms with Gasteiger partial charge in [0.2, 0.25) is 4.96 Å². The predicted octanol–water partition coefficient (Wildman–Crippen LogP) is 3.14. The van der Waals surface area contributed by atoms with Crippen LogP contribution in [-0.2, 0) is 22.6 Å². The molecular formula is C25H21N5O4S. The van der Waals surface area contributed by atoms with Crippen molar-refractivity contribution < 1.29 is 14.3 Å². The molecule has 3 heterocycles. The fourth-order valence-corrected chi connectivity index (χ4v) is 4.60. The Morgan fingerprint density at radius 3 is 2.57 bits per heavy atom. The van der Waals surface area contributed by atoms with E-state index in [9.17, 15) is 14.4 Å². The SMILES string of the molecule is CCCc1nn2c(=O)cc(COc3ccc(/C=C4\C(=O)NN(c5ccccc5)C4=O)cc3)nc2s1. The van der Waals surface area contributed by atoms with Gasteiger partial charge in [0, 0.05) is 12.5 Å². The molecule has 0 unspecified atom stereocenters. The van der Waals surface area contributed by atoms with E-state index in [1.807, 2.05) is 6.07 Å². The van der Waals surface area contributed by atoms with Gasteiger partial charge in [-0.05, 0) is 42.3 Å². The number of ether oxygens (including phenoxy) is 1. The van der Waals surface area contributed by atoms with E-state index < -0.39 is 11.8 Å². The lowest BCUT2D eigenvalue weighted by molar-refractivity contribution is -0.117. The average molecular weight is 488 g/mol. The van der Waals surface area contributed by atoms with Crippen LogP contribution < -0.4 is 20.7 Å². The van der Waals surface area contributed by atoms with Crippen LogP contribution in [0.5, 0.6) is 5.75 Å². The lowest BCUT2D eigenvalue weighted by Gasteiger charge is -2.13. The van der Waals surface area contributed by atoms with E-state index >= 15 is 0 Å². The second-order valence-corrected chi connectivity index (χ2v) is 8.90. The van der Waals surface area contributed by atoms with Gasteiger partial charge in [-0.3, -0.25) is 19.8 Å². The summed E-state index contributed by atoms with van der Waals surface area (Å²) >= 11 is 1.40. The molecule has 1 saturated heterocycles. The van der Waals surface area contributed by atoms with Crippen LogP contribution in [0, 0.1) is 0 Å². The summed E-state index contributed by atoms with van der Waals surface area (Å²) in [5, 5.41) is 6.41. The maximum Gasteiger partial charge on any atom is 0.282 e. The van der Waals surface area contributed by atoms with Crippen LogP contribution in [0.4, 0.5) is 5.69 Å². The summed E-state index contributed by atoms with van der Waals surface area (Å²) in [6.45, 7) is 2.18. The van der Waals surface area contributed by atoms with E-state index in [4.69, 9.17) is 4.74 Å². The van der Waals surface area contributed by atoms with Crippen LogP contribution in [0.15, 0.2) is 71.0 Å². The van der Waals surface area contributed by atoms with Crippen LogP contribution >= 0.6 is 11.3 Å². The lowest BCUT2D eigenvalue weighted by atomic mass is 10.1. The average Bonchev–Trinajstić information content (AvgIpc) is 3.40. The van der Waals surface area contributed by atoms with Crippen LogP contribution in [0.2, 0.25) is 0 Å². The number of aromatic nitrogens is 3. The molecule has 0 radical (unpaired) electrons.